The molecule has 1 aromatic heterocycles. The highest BCUT2D eigenvalue weighted by Crippen LogP contribution is 2.34. The summed E-state index contributed by atoms with van der Waals surface area (Å²) in [6.45, 7) is 2.11. The fourth-order valence-electron chi connectivity index (χ4n) is 1.36. The molecule has 92 valence electrons. The first-order valence-corrected chi connectivity index (χ1v) is 5.96. The third-order valence-electron chi connectivity index (χ3n) is 2.21. The van der Waals surface area contributed by atoms with E-state index in [4.69, 9.17) is 40.5 Å². The molecule has 0 unspecified atom stereocenters. The maximum atomic E-state index is 6.01. The molecule has 0 aliphatic carbocycles. The number of unbranched alkanes of at least 4 members (excludes halogenated alkanes) is 1. The maximum Gasteiger partial charge on any atom is 0.148 e. The molecule has 0 fully saturated rings. The maximum absolute atomic E-state index is 6.01. The Hall–Kier alpha value is 0.270. The zero-order valence-corrected chi connectivity index (χ0v) is 11.9. The molecule has 2 N–H and O–H groups in total. The van der Waals surface area contributed by atoms with Crippen LogP contribution in [0.15, 0.2) is 6.20 Å². The third-order valence-corrected chi connectivity index (χ3v) is 3.27. The van der Waals surface area contributed by atoms with Gasteiger partial charge in [0, 0.05) is 17.8 Å². The van der Waals surface area contributed by atoms with Gasteiger partial charge in [-0.1, -0.05) is 54.6 Å². The minimum absolute atomic E-state index is 0. The zero-order chi connectivity index (χ0) is 11.4. The summed E-state index contributed by atoms with van der Waals surface area (Å²) in [7, 11) is 0. The van der Waals surface area contributed by atoms with E-state index in [1.165, 1.54) is 6.20 Å². The highest BCUT2D eigenvalue weighted by Gasteiger charge is 2.16. The van der Waals surface area contributed by atoms with Crippen LogP contribution in [0.5, 0.6) is 0 Å². The molecule has 0 aromatic carbocycles. The van der Waals surface area contributed by atoms with Gasteiger partial charge in [0.05, 0.1) is 10.0 Å². The van der Waals surface area contributed by atoms with Crippen molar-refractivity contribution in [3.8, 4) is 0 Å². The zero-order valence-electron chi connectivity index (χ0n) is 8.84. The summed E-state index contributed by atoms with van der Waals surface area (Å²) in [4.78, 5) is 3.85. The van der Waals surface area contributed by atoms with Gasteiger partial charge < -0.3 is 5.73 Å². The van der Waals surface area contributed by atoms with E-state index in [1.54, 1.807) is 0 Å². The molecule has 0 aliphatic rings. The van der Waals surface area contributed by atoms with Crippen LogP contribution < -0.4 is 5.73 Å². The van der Waals surface area contributed by atoms with E-state index in [0.717, 1.165) is 19.3 Å². The van der Waals surface area contributed by atoms with Crippen LogP contribution in [-0.4, -0.2) is 4.98 Å². The molecule has 0 bridgehead atoms. The van der Waals surface area contributed by atoms with Gasteiger partial charge in [0.15, 0.2) is 0 Å². The molecule has 1 atom stereocenters. The van der Waals surface area contributed by atoms with E-state index in [9.17, 15) is 0 Å². The van der Waals surface area contributed by atoms with Crippen molar-refractivity contribution in [3.63, 3.8) is 0 Å². The molecular formula is C10H14Cl4N2. The number of halogens is 4. The Labute approximate surface area is 117 Å². The van der Waals surface area contributed by atoms with Crippen molar-refractivity contribution in [1.29, 1.82) is 0 Å². The molecular weight excluding hydrogens is 290 g/mol. The van der Waals surface area contributed by atoms with Gasteiger partial charge in [-0.25, -0.2) is 4.98 Å². The monoisotopic (exact) mass is 302 g/mol. The number of nitrogens with two attached hydrogens (primary N) is 1. The van der Waals surface area contributed by atoms with Gasteiger partial charge >= 0.3 is 0 Å². The second-order valence-corrected chi connectivity index (χ2v) is 4.52. The van der Waals surface area contributed by atoms with Gasteiger partial charge in [-0.3, -0.25) is 0 Å². The van der Waals surface area contributed by atoms with Gasteiger partial charge in [-0.15, -0.1) is 12.4 Å². The molecule has 0 saturated carbocycles. The average molecular weight is 304 g/mol. The Morgan fingerprint density at radius 1 is 1.38 bits per heavy atom. The van der Waals surface area contributed by atoms with Crippen molar-refractivity contribution in [2.75, 3.05) is 0 Å². The first kappa shape index (κ1) is 16.3. The number of hydrogen-bond acceptors (Lipinski definition) is 2. The minimum Gasteiger partial charge on any atom is -0.324 e. The molecule has 0 radical (unpaired) electrons. The van der Waals surface area contributed by atoms with Crippen molar-refractivity contribution >= 4 is 47.2 Å². The highest BCUT2D eigenvalue weighted by atomic mass is 35.5. The first-order chi connectivity index (χ1) is 7.07. The predicted molar refractivity (Wildman–Crippen MR) is 73.0 cm³/mol. The number of pyridine rings is 1. The van der Waals surface area contributed by atoms with Crippen LogP contribution in [0.1, 0.15) is 37.8 Å². The summed E-state index contributed by atoms with van der Waals surface area (Å²) in [6.07, 6.45) is 4.45. The second kappa shape index (κ2) is 7.57. The SMILES string of the molecule is CCCC[C@H](N)c1c(Cl)cnc(Cl)c1Cl.Cl. The normalized spacial score (nSPS) is 12.1. The summed E-state index contributed by atoms with van der Waals surface area (Å²) in [6, 6.07) is -0.176. The van der Waals surface area contributed by atoms with Gasteiger partial charge in [0.25, 0.3) is 0 Å². The van der Waals surface area contributed by atoms with Crippen molar-refractivity contribution in [2.45, 2.75) is 32.2 Å². The predicted octanol–water partition coefficient (Wildman–Crippen LogP) is 4.65. The quantitative estimate of drug-likeness (QED) is 0.822. The van der Waals surface area contributed by atoms with Gasteiger partial charge in [0.2, 0.25) is 0 Å². The fraction of sp³-hybridized carbons (Fsp3) is 0.500. The molecule has 1 heterocycles. The van der Waals surface area contributed by atoms with Crippen LogP contribution >= 0.6 is 47.2 Å². The summed E-state index contributed by atoms with van der Waals surface area (Å²) in [5.74, 6) is 0. The van der Waals surface area contributed by atoms with E-state index >= 15 is 0 Å². The van der Waals surface area contributed by atoms with Crippen LogP contribution in [-0.2, 0) is 0 Å². The number of nitrogens with zero attached hydrogens (tertiary/aromatic N) is 1. The Kier molecular flexibility index (Phi) is 7.70. The highest BCUT2D eigenvalue weighted by molar-refractivity contribution is 6.43. The Bertz CT molecular complexity index is 344. The summed E-state index contributed by atoms with van der Waals surface area (Å²) in [5, 5.41) is 1.10. The smallest absolute Gasteiger partial charge is 0.148 e. The van der Waals surface area contributed by atoms with E-state index < -0.39 is 0 Å². The molecule has 0 spiro atoms. The molecule has 0 saturated heterocycles. The number of rotatable bonds is 4. The lowest BCUT2D eigenvalue weighted by molar-refractivity contribution is 0.603. The molecule has 1 rings (SSSR count). The largest absolute Gasteiger partial charge is 0.324 e. The standard InChI is InChI=1S/C10H13Cl3N2.ClH/c1-2-3-4-7(14)8-6(11)5-15-10(13)9(8)12;/h5,7H,2-4,14H2,1H3;1H/t7-;/m0./s1. The summed E-state index contributed by atoms with van der Waals surface area (Å²) in [5.41, 5.74) is 6.70. The van der Waals surface area contributed by atoms with E-state index in [-0.39, 0.29) is 23.6 Å². The lowest BCUT2D eigenvalue weighted by Gasteiger charge is -2.15. The summed E-state index contributed by atoms with van der Waals surface area (Å²) >= 11 is 17.8. The van der Waals surface area contributed by atoms with Crippen molar-refractivity contribution < 1.29 is 0 Å². The Balaban J connectivity index is 0.00000225. The number of aromatic nitrogens is 1. The van der Waals surface area contributed by atoms with E-state index in [2.05, 4.69) is 11.9 Å². The molecule has 1 aromatic rings. The van der Waals surface area contributed by atoms with Gasteiger partial charge in [-0.2, -0.15) is 0 Å². The molecule has 6 heteroatoms. The van der Waals surface area contributed by atoms with E-state index in [0.29, 0.717) is 15.6 Å². The fourth-order valence-corrected chi connectivity index (χ4v) is 2.14. The average Bonchev–Trinajstić information content (AvgIpc) is 2.21. The van der Waals surface area contributed by atoms with Crippen molar-refractivity contribution in [2.24, 2.45) is 5.73 Å². The number of hydrogen-bond donors (Lipinski definition) is 1. The van der Waals surface area contributed by atoms with Crippen LogP contribution in [0, 0.1) is 0 Å². The van der Waals surface area contributed by atoms with Crippen molar-refractivity contribution in [1.82, 2.24) is 4.98 Å². The van der Waals surface area contributed by atoms with Crippen LogP contribution in [0.2, 0.25) is 15.2 Å². The van der Waals surface area contributed by atoms with E-state index in [1.807, 2.05) is 0 Å². The minimum atomic E-state index is -0.176. The van der Waals surface area contributed by atoms with Crippen LogP contribution in [0.25, 0.3) is 0 Å². The van der Waals surface area contributed by atoms with Crippen LogP contribution in [0.3, 0.4) is 0 Å². The topological polar surface area (TPSA) is 38.9 Å². The molecule has 0 aliphatic heterocycles. The van der Waals surface area contributed by atoms with Crippen molar-refractivity contribution in [3.05, 3.63) is 27.0 Å². The molecule has 16 heavy (non-hydrogen) atoms. The summed E-state index contributed by atoms with van der Waals surface area (Å²) < 4.78 is 0. The van der Waals surface area contributed by atoms with Crippen LogP contribution in [0.4, 0.5) is 0 Å². The molecule has 2 nitrogen and oxygen atoms in total. The molecule has 0 amide bonds. The first-order valence-electron chi connectivity index (χ1n) is 4.82. The Morgan fingerprint density at radius 3 is 2.56 bits per heavy atom. The lowest BCUT2D eigenvalue weighted by atomic mass is 10.0. The Morgan fingerprint density at radius 2 is 2.00 bits per heavy atom. The van der Waals surface area contributed by atoms with Gasteiger partial charge in [0.1, 0.15) is 5.15 Å². The van der Waals surface area contributed by atoms with Gasteiger partial charge in [-0.05, 0) is 6.42 Å². The second-order valence-electron chi connectivity index (χ2n) is 3.37. The lowest BCUT2D eigenvalue weighted by Crippen LogP contribution is -2.11. The third kappa shape index (κ3) is 3.94.